The number of nitrogens with one attached hydrogen (secondary N) is 1. The summed E-state index contributed by atoms with van der Waals surface area (Å²) >= 11 is 7.50. The van der Waals surface area contributed by atoms with Gasteiger partial charge in [0, 0.05) is 6.04 Å². The Morgan fingerprint density at radius 2 is 2.29 bits per heavy atom. The smallest absolute Gasteiger partial charge is 0.148 e. The van der Waals surface area contributed by atoms with Gasteiger partial charge in [0.1, 0.15) is 17.3 Å². The average molecular weight is 232 g/mol. The Labute approximate surface area is 93.7 Å². The third-order valence-electron chi connectivity index (χ3n) is 1.96. The van der Waals surface area contributed by atoms with Crippen molar-refractivity contribution in [2.24, 2.45) is 0 Å². The van der Waals surface area contributed by atoms with Crippen molar-refractivity contribution in [3.8, 4) is 0 Å². The van der Waals surface area contributed by atoms with E-state index in [1.165, 1.54) is 6.33 Å². The Hall–Kier alpha value is -0.480. The summed E-state index contributed by atoms with van der Waals surface area (Å²) in [6, 6.07) is 0.395. The lowest BCUT2D eigenvalue weighted by Crippen LogP contribution is -2.15. The fraction of sp³-hybridized carbons (Fsp3) is 0.556. The van der Waals surface area contributed by atoms with Gasteiger partial charge >= 0.3 is 0 Å². The molecule has 1 N–H and O–H groups in total. The van der Waals surface area contributed by atoms with Crippen molar-refractivity contribution in [1.29, 1.82) is 0 Å². The molecule has 0 aliphatic heterocycles. The van der Waals surface area contributed by atoms with Crippen molar-refractivity contribution >= 4 is 29.2 Å². The van der Waals surface area contributed by atoms with Crippen LogP contribution in [0.2, 0.25) is 5.15 Å². The number of halogens is 1. The molecule has 1 aromatic rings. The summed E-state index contributed by atoms with van der Waals surface area (Å²) in [5, 5.41) is 3.81. The lowest BCUT2D eigenvalue weighted by atomic mass is 10.2. The number of hydrogen-bond donors (Lipinski definition) is 1. The summed E-state index contributed by atoms with van der Waals surface area (Å²) < 4.78 is 0. The molecule has 1 atom stereocenters. The molecular formula is C9H14ClN3S. The van der Waals surface area contributed by atoms with Gasteiger partial charge in [0.15, 0.2) is 0 Å². The van der Waals surface area contributed by atoms with Crippen LogP contribution < -0.4 is 5.32 Å². The normalized spacial score (nSPS) is 12.6. The molecule has 0 bridgehead atoms. The van der Waals surface area contributed by atoms with Gasteiger partial charge in [-0.2, -0.15) is 0 Å². The van der Waals surface area contributed by atoms with E-state index in [1.54, 1.807) is 11.8 Å². The zero-order valence-corrected chi connectivity index (χ0v) is 10.1. The third-order valence-corrected chi connectivity index (χ3v) is 3.15. The average Bonchev–Trinajstić information content (AvgIpc) is 2.18. The van der Waals surface area contributed by atoms with Crippen molar-refractivity contribution in [1.82, 2.24) is 9.97 Å². The predicted octanol–water partition coefficient (Wildman–Crippen LogP) is 3.06. The number of anilines is 1. The lowest BCUT2D eigenvalue weighted by Gasteiger charge is -2.14. The van der Waals surface area contributed by atoms with Crippen LogP contribution in [0.4, 0.5) is 5.82 Å². The van der Waals surface area contributed by atoms with E-state index in [2.05, 4.69) is 29.1 Å². The maximum Gasteiger partial charge on any atom is 0.148 e. The van der Waals surface area contributed by atoms with Crippen molar-refractivity contribution in [2.45, 2.75) is 31.2 Å². The Kier molecular flexibility index (Phi) is 4.48. The van der Waals surface area contributed by atoms with Gasteiger partial charge in [-0.25, -0.2) is 9.97 Å². The van der Waals surface area contributed by atoms with Crippen LogP contribution in [0, 0.1) is 0 Å². The molecule has 1 rings (SSSR count). The molecule has 0 spiro atoms. The van der Waals surface area contributed by atoms with Crippen molar-refractivity contribution in [3.63, 3.8) is 0 Å². The maximum absolute atomic E-state index is 5.94. The number of thioether (sulfide) groups is 1. The van der Waals surface area contributed by atoms with Gasteiger partial charge in [-0.3, -0.25) is 0 Å². The molecule has 5 heteroatoms. The fourth-order valence-corrected chi connectivity index (χ4v) is 1.86. The van der Waals surface area contributed by atoms with Gasteiger partial charge in [0.05, 0.1) is 4.90 Å². The summed E-state index contributed by atoms with van der Waals surface area (Å²) in [6.07, 6.45) is 4.49. The Bertz CT molecular complexity index is 306. The van der Waals surface area contributed by atoms with Gasteiger partial charge in [0.2, 0.25) is 0 Å². The summed E-state index contributed by atoms with van der Waals surface area (Å²) in [6.45, 7) is 4.24. The SMILES string of the molecule is CCC(C)Nc1ncnc(Cl)c1SC. The molecule has 3 nitrogen and oxygen atoms in total. The molecule has 0 saturated carbocycles. The first-order chi connectivity index (χ1) is 6.69. The molecule has 0 saturated heterocycles. The predicted molar refractivity (Wildman–Crippen MR) is 62.2 cm³/mol. The monoisotopic (exact) mass is 231 g/mol. The molecule has 0 amide bonds. The maximum atomic E-state index is 5.94. The number of hydrogen-bond acceptors (Lipinski definition) is 4. The van der Waals surface area contributed by atoms with Crippen molar-refractivity contribution < 1.29 is 0 Å². The van der Waals surface area contributed by atoms with Gasteiger partial charge in [-0.05, 0) is 19.6 Å². The largest absolute Gasteiger partial charge is 0.367 e. The van der Waals surface area contributed by atoms with Crippen molar-refractivity contribution in [2.75, 3.05) is 11.6 Å². The Balaban J connectivity index is 2.90. The zero-order valence-electron chi connectivity index (χ0n) is 8.54. The van der Waals surface area contributed by atoms with Gasteiger partial charge in [-0.15, -0.1) is 11.8 Å². The van der Waals surface area contributed by atoms with E-state index in [-0.39, 0.29) is 0 Å². The lowest BCUT2D eigenvalue weighted by molar-refractivity contribution is 0.754. The van der Waals surface area contributed by atoms with Crippen LogP contribution >= 0.6 is 23.4 Å². The number of aromatic nitrogens is 2. The Morgan fingerprint density at radius 3 is 2.86 bits per heavy atom. The van der Waals surface area contributed by atoms with E-state index in [0.717, 1.165) is 17.1 Å². The standard InChI is InChI=1S/C9H14ClN3S/c1-4-6(2)13-9-7(14-3)8(10)11-5-12-9/h5-6H,4H2,1-3H3,(H,11,12,13). The second-order valence-corrected chi connectivity index (χ2v) is 4.17. The van der Waals surface area contributed by atoms with Gasteiger partial charge < -0.3 is 5.32 Å². The van der Waals surface area contributed by atoms with E-state index >= 15 is 0 Å². The minimum absolute atomic E-state index is 0.395. The molecule has 1 heterocycles. The zero-order chi connectivity index (χ0) is 10.6. The van der Waals surface area contributed by atoms with Gasteiger partial charge in [0.25, 0.3) is 0 Å². The van der Waals surface area contributed by atoms with E-state index in [1.807, 2.05) is 6.26 Å². The highest BCUT2D eigenvalue weighted by molar-refractivity contribution is 7.98. The number of rotatable bonds is 4. The van der Waals surface area contributed by atoms with Crippen LogP contribution in [0.1, 0.15) is 20.3 Å². The molecule has 0 aliphatic carbocycles. The van der Waals surface area contributed by atoms with E-state index in [4.69, 9.17) is 11.6 Å². The number of nitrogens with zero attached hydrogens (tertiary/aromatic N) is 2. The highest BCUT2D eigenvalue weighted by Gasteiger charge is 2.09. The molecule has 14 heavy (non-hydrogen) atoms. The molecule has 0 aliphatic rings. The highest BCUT2D eigenvalue weighted by Crippen LogP contribution is 2.29. The van der Waals surface area contributed by atoms with Crippen LogP contribution in [0.5, 0.6) is 0 Å². The second kappa shape index (κ2) is 5.41. The minimum atomic E-state index is 0.395. The van der Waals surface area contributed by atoms with Crippen LogP contribution in [-0.4, -0.2) is 22.3 Å². The summed E-state index contributed by atoms with van der Waals surface area (Å²) in [7, 11) is 0. The molecule has 0 fully saturated rings. The topological polar surface area (TPSA) is 37.8 Å². The summed E-state index contributed by atoms with van der Waals surface area (Å²) in [5.74, 6) is 0.826. The van der Waals surface area contributed by atoms with Crippen LogP contribution in [-0.2, 0) is 0 Å². The van der Waals surface area contributed by atoms with Crippen LogP contribution in [0.15, 0.2) is 11.2 Å². The first-order valence-electron chi connectivity index (χ1n) is 4.50. The molecule has 0 radical (unpaired) electrons. The molecule has 1 unspecified atom stereocenters. The molecule has 78 valence electrons. The third kappa shape index (κ3) is 2.75. The van der Waals surface area contributed by atoms with Crippen LogP contribution in [0.25, 0.3) is 0 Å². The van der Waals surface area contributed by atoms with Gasteiger partial charge in [-0.1, -0.05) is 18.5 Å². The second-order valence-electron chi connectivity index (χ2n) is 3.00. The Morgan fingerprint density at radius 1 is 1.57 bits per heavy atom. The quantitative estimate of drug-likeness (QED) is 0.639. The minimum Gasteiger partial charge on any atom is -0.367 e. The molecule has 0 aromatic carbocycles. The van der Waals surface area contributed by atoms with E-state index in [0.29, 0.717) is 11.2 Å². The molecule has 1 aromatic heterocycles. The molecular weight excluding hydrogens is 218 g/mol. The van der Waals surface area contributed by atoms with Crippen LogP contribution in [0.3, 0.4) is 0 Å². The summed E-state index contributed by atoms with van der Waals surface area (Å²) in [4.78, 5) is 9.02. The highest BCUT2D eigenvalue weighted by atomic mass is 35.5. The summed E-state index contributed by atoms with van der Waals surface area (Å²) in [5.41, 5.74) is 0. The first kappa shape index (κ1) is 11.6. The van der Waals surface area contributed by atoms with E-state index < -0.39 is 0 Å². The van der Waals surface area contributed by atoms with E-state index in [9.17, 15) is 0 Å². The van der Waals surface area contributed by atoms with Crippen molar-refractivity contribution in [3.05, 3.63) is 11.5 Å². The fourth-order valence-electron chi connectivity index (χ4n) is 0.971. The first-order valence-corrected chi connectivity index (χ1v) is 6.10.